The van der Waals surface area contributed by atoms with Crippen LogP contribution in [-0.2, 0) is 26.6 Å². The van der Waals surface area contributed by atoms with Crippen LogP contribution in [0.4, 0.5) is 0 Å². The Balaban J connectivity index is 1.22. The van der Waals surface area contributed by atoms with E-state index in [1.165, 1.54) is 37.6 Å². The maximum atomic E-state index is 13.6. The summed E-state index contributed by atoms with van der Waals surface area (Å²) in [6, 6.07) is 12.7. The van der Waals surface area contributed by atoms with Gasteiger partial charge in [-0.3, -0.25) is 4.79 Å². The van der Waals surface area contributed by atoms with E-state index in [0.29, 0.717) is 54.9 Å². The minimum atomic E-state index is -3.93. The van der Waals surface area contributed by atoms with E-state index in [1.807, 2.05) is 18.2 Å². The van der Waals surface area contributed by atoms with Crippen LogP contribution in [0.5, 0.6) is 0 Å². The Morgan fingerprint density at radius 3 is 2.23 bits per heavy atom. The molecule has 43 heavy (non-hydrogen) atoms. The third kappa shape index (κ3) is 5.86. The van der Waals surface area contributed by atoms with Gasteiger partial charge >= 0.3 is 0 Å². The standard InChI is InChI=1S/C28H32ClN7O5S2/c1-19-12-15-34(16-13-19)42(38,39)22-8-10-23(11-9-22)43(40,41)35-14-4-6-21(17-35)26-30-27-25(28(37)31-26)32-33-36(27)18-20-5-2-3-7-24(20)29/h2-3,5,7-11,19,21H,4,6,12-18H2,1H3,(H,30,31,37). The largest absolute Gasteiger partial charge is 0.308 e. The number of benzene rings is 2. The molecule has 15 heteroatoms. The van der Waals surface area contributed by atoms with Gasteiger partial charge in [-0.25, -0.2) is 26.5 Å². The Morgan fingerprint density at radius 1 is 0.907 bits per heavy atom. The van der Waals surface area contributed by atoms with Gasteiger partial charge in [0.15, 0.2) is 11.2 Å². The van der Waals surface area contributed by atoms with Gasteiger partial charge in [0.25, 0.3) is 5.56 Å². The summed E-state index contributed by atoms with van der Waals surface area (Å²) in [6.45, 7) is 3.68. The summed E-state index contributed by atoms with van der Waals surface area (Å²) in [6.07, 6.45) is 2.78. The molecule has 12 nitrogen and oxygen atoms in total. The highest BCUT2D eigenvalue weighted by Gasteiger charge is 2.33. The first-order chi connectivity index (χ1) is 20.5. The van der Waals surface area contributed by atoms with Gasteiger partial charge in [0.05, 0.1) is 16.3 Å². The number of hydrogen-bond donors (Lipinski definition) is 1. The van der Waals surface area contributed by atoms with Crippen LogP contribution in [0, 0.1) is 5.92 Å². The summed E-state index contributed by atoms with van der Waals surface area (Å²) in [7, 11) is -7.63. The van der Waals surface area contributed by atoms with Crippen molar-refractivity contribution in [2.24, 2.45) is 5.92 Å². The van der Waals surface area contributed by atoms with E-state index in [0.717, 1.165) is 18.4 Å². The molecule has 2 aliphatic rings. The van der Waals surface area contributed by atoms with Crippen LogP contribution in [0.3, 0.4) is 0 Å². The van der Waals surface area contributed by atoms with Crippen molar-refractivity contribution in [2.75, 3.05) is 26.2 Å². The molecule has 2 saturated heterocycles. The molecule has 2 aliphatic heterocycles. The first-order valence-corrected chi connectivity index (χ1v) is 17.5. The van der Waals surface area contributed by atoms with Crippen molar-refractivity contribution in [1.29, 1.82) is 0 Å². The predicted octanol–water partition coefficient (Wildman–Crippen LogP) is 3.21. The number of hydrogen-bond acceptors (Lipinski definition) is 8. The minimum Gasteiger partial charge on any atom is -0.308 e. The molecule has 1 atom stereocenters. The molecule has 0 radical (unpaired) electrons. The van der Waals surface area contributed by atoms with E-state index < -0.39 is 25.6 Å². The maximum Gasteiger partial charge on any atom is 0.281 e. The molecule has 0 bridgehead atoms. The number of H-pyrrole nitrogens is 1. The molecule has 2 aromatic heterocycles. The van der Waals surface area contributed by atoms with Crippen LogP contribution in [0.25, 0.3) is 11.2 Å². The second-order valence-electron chi connectivity index (χ2n) is 11.2. The van der Waals surface area contributed by atoms with E-state index in [2.05, 4.69) is 27.2 Å². The van der Waals surface area contributed by atoms with Crippen molar-refractivity contribution < 1.29 is 16.8 Å². The van der Waals surface area contributed by atoms with Gasteiger partial charge in [-0.15, -0.1) is 5.10 Å². The van der Waals surface area contributed by atoms with E-state index in [4.69, 9.17) is 11.6 Å². The van der Waals surface area contributed by atoms with Crippen LogP contribution < -0.4 is 5.56 Å². The van der Waals surface area contributed by atoms with E-state index >= 15 is 0 Å². The zero-order valence-corrected chi connectivity index (χ0v) is 25.9. The van der Waals surface area contributed by atoms with Gasteiger partial charge in [-0.2, -0.15) is 8.61 Å². The van der Waals surface area contributed by atoms with Crippen molar-refractivity contribution >= 4 is 42.8 Å². The summed E-state index contributed by atoms with van der Waals surface area (Å²) < 4.78 is 57.8. The molecule has 228 valence electrons. The highest BCUT2D eigenvalue weighted by molar-refractivity contribution is 7.89. The Labute approximate surface area is 254 Å². The van der Waals surface area contributed by atoms with Crippen molar-refractivity contribution in [2.45, 2.75) is 54.9 Å². The van der Waals surface area contributed by atoms with Gasteiger partial charge in [0.1, 0.15) is 5.82 Å². The summed E-state index contributed by atoms with van der Waals surface area (Å²) in [4.78, 5) is 20.4. The normalized spacial score (nSPS) is 19.6. The van der Waals surface area contributed by atoms with Crippen LogP contribution in [-0.4, -0.2) is 76.6 Å². The molecule has 0 saturated carbocycles. The highest BCUT2D eigenvalue weighted by Crippen LogP contribution is 2.30. The number of halogens is 1. The molecule has 0 spiro atoms. The number of piperidine rings is 2. The molecule has 4 heterocycles. The smallest absolute Gasteiger partial charge is 0.281 e. The molecule has 6 rings (SSSR count). The van der Waals surface area contributed by atoms with E-state index in [-0.39, 0.29) is 34.3 Å². The monoisotopic (exact) mass is 645 g/mol. The SMILES string of the molecule is CC1CCN(S(=O)(=O)c2ccc(S(=O)(=O)N3CCCC(c4nc5c(nnn5Cc5ccccc5Cl)c(=O)[nH]4)C3)cc2)CC1. The Morgan fingerprint density at radius 2 is 1.56 bits per heavy atom. The summed E-state index contributed by atoms with van der Waals surface area (Å²) in [5.41, 5.74) is 0.716. The van der Waals surface area contributed by atoms with E-state index in [9.17, 15) is 21.6 Å². The molecule has 1 N–H and O–H groups in total. The van der Waals surface area contributed by atoms with Gasteiger partial charge in [0, 0.05) is 37.1 Å². The first-order valence-electron chi connectivity index (χ1n) is 14.2. The van der Waals surface area contributed by atoms with Gasteiger partial charge in [-0.1, -0.05) is 41.9 Å². The molecule has 0 amide bonds. The lowest BCUT2D eigenvalue weighted by Crippen LogP contribution is -2.40. The van der Waals surface area contributed by atoms with Crippen molar-refractivity contribution in [3.05, 3.63) is 75.3 Å². The summed E-state index contributed by atoms with van der Waals surface area (Å²) in [5, 5.41) is 8.65. The molecular weight excluding hydrogens is 614 g/mol. The molecule has 4 aromatic rings. The number of aromatic nitrogens is 5. The lowest BCUT2D eigenvalue weighted by molar-refractivity contribution is 0.288. The van der Waals surface area contributed by atoms with Crippen molar-refractivity contribution in [1.82, 2.24) is 33.6 Å². The fraction of sp³-hybridized carbons (Fsp3) is 0.429. The topological polar surface area (TPSA) is 151 Å². The predicted molar refractivity (Wildman–Crippen MR) is 161 cm³/mol. The fourth-order valence-electron chi connectivity index (χ4n) is 5.66. The van der Waals surface area contributed by atoms with Crippen LogP contribution >= 0.6 is 11.6 Å². The van der Waals surface area contributed by atoms with E-state index in [1.54, 1.807) is 6.07 Å². The van der Waals surface area contributed by atoms with Gasteiger partial charge < -0.3 is 4.98 Å². The lowest BCUT2D eigenvalue weighted by Gasteiger charge is -2.31. The second kappa shape index (κ2) is 11.7. The third-order valence-corrected chi connectivity index (χ3v) is 12.4. The second-order valence-corrected chi connectivity index (χ2v) is 15.5. The summed E-state index contributed by atoms with van der Waals surface area (Å²) in [5.74, 6) is 0.470. The minimum absolute atomic E-state index is 0.0123. The average Bonchev–Trinajstić information content (AvgIpc) is 3.42. The first kappa shape index (κ1) is 29.9. The van der Waals surface area contributed by atoms with Crippen LogP contribution in [0.15, 0.2) is 63.1 Å². The number of nitrogens with one attached hydrogen (secondary N) is 1. The Bertz CT molecular complexity index is 1920. The van der Waals surface area contributed by atoms with Gasteiger partial charge in [0.2, 0.25) is 20.0 Å². The molecule has 2 aromatic carbocycles. The number of fused-ring (bicyclic) bond motifs is 1. The van der Waals surface area contributed by atoms with Crippen LogP contribution in [0.1, 0.15) is 49.9 Å². The Kier molecular flexibility index (Phi) is 8.15. The zero-order chi connectivity index (χ0) is 30.4. The van der Waals surface area contributed by atoms with Crippen LogP contribution in [0.2, 0.25) is 5.02 Å². The number of sulfonamides is 2. The highest BCUT2D eigenvalue weighted by atomic mass is 35.5. The molecule has 1 unspecified atom stereocenters. The maximum absolute atomic E-state index is 13.6. The lowest BCUT2D eigenvalue weighted by atomic mass is 9.99. The number of aromatic amines is 1. The molecule has 2 fully saturated rings. The average molecular weight is 646 g/mol. The quantitative estimate of drug-likeness (QED) is 0.322. The molecular formula is C28H32ClN7O5S2. The number of nitrogens with zero attached hydrogens (tertiary/aromatic N) is 6. The third-order valence-electron chi connectivity index (χ3n) is 8.28. The van der Waals surface area contributed by atoms with Gasteiger partial charge in [-0.05, 0) is 67.5 Å². The Hall–Kier alpha value is -3.17. The molecule has 0 aliphatic carbocycles. The zero-order valence-electron chi connectivity index (χ0n) is 23.6. The fourth-order valence-corrected chi connectivity index (χ4v) is 8.85. The summed E-state index contributed by atoms with van der Waals surface area (Å²) >= 11 is 6.31. The number of rotatable bonds is 7. The van der Waals surface area contributed by atoms with Crippen molar-refractivity contribution in [3.63, 3.8) is 0 Å². The van der Waals surface area contributed by atoms with Crippen molar-refractivity contribution in [3.8, 4) is 0 Å².